The van der Waals surface area contributed by atoms with Gasteiger partial charge in [-0.3, -0.25) is 19.2 Å². The van der Waals surface area contributed by atoms with Gasteiger partial charge in [-0.25, -0.2) is 4.98 Å². The number of likely N-dealkylation sites (N-methyl/N-ethyl adjacent to an activating group) is 1. The van der Waals surface area contributed by atoms with Crippen molar-refractivity contribution in [3.8, 4) is 0 Å². The van der Waals surface area contributed by atoms with E-state index in [9.17, 15) is 19.2 Å². The largest absolute Gasteiger partial charge is 0.398 e. The number of thiazole rings is 1. The maximum Gasteiger partial charge on any atom is 0.276 e. The lowest BCUT2D eigenvalue weighted by Gasteiger charge is -2.35. The van der Waals surface area contributed by atoms with Gasteiger partial charge in [0.1, 0.15) is 30.8 Å². The Bertz CT molecular complexity index is 766. The fourth-order valence-electron chi connectivity index (χ4n) is 2.00. The summed E-state index contributed by atoms with van der Waals surface area (Å²) in [4.78, 5) is 55.7. The summed E-state index contributed by atoms with van der Waals surface area (Å²) >= 11 is 6.45. The fourth-order valence-corrected chi connectivity index (χ4v) is 2.78. The van der Waals surface area contributed by atoms with Crippen molar-refractivity contribution < 1.29 is 24.0 Å². The van der Waals surface area contributed by atoms with Gasteiger partial charge < -0.3 is 26.1 Å². The van der Waals surface area contributed by atoms with Gasteiger partial charge >= 0.3 is 0 Å². The van der Waals surface area contributed by atoms with Crippen LogP contribution in [0.1, 0.15) is 5.69 Å². The minimum absolute atomic E-state index is 0.121. The second-order valence-corrected chi connectivity index (χ2v) is 6.02. The Morgan fingerprint density at radius 1 is 1.46 bits per heavy atom. The summed E-state index contributed by atoms with van der Waals surface area (Å²) in [5, 5.41) is 14.9. The summed E-state index contributed by atoms with van der Waals surface area (Å²) in [6, 6.07) is -1.92. The molecule has 1 saturated heterocycles. The lowest BCUT2D eigenvalue weighted by molar-refractivity contribution is -0.141. The van der Waals surface area contributed by atoms with Gasteiger partial charge in [0.05, 0.1) is 0 Å². The van der Waals surface area contributed by atoms with Gasteiger partial charge in [-0.15, -0.1) is 22.9 Å². The van der Waals surface area contributed by atoms with Gasteiger partial charge in [-0.2, -0.15) is 0 Å². The quantitative estimate of drug-likeness (QED) is 0.187. The maximum atomic E-state index is 12.4. The molecule has 2 heterocycles. The van der Waals surface area contributed by atoms with Crippen LogP contribution in [0, 0.1) is 0 Å². The van der Waals surface area contributed by atoms with E-state index in [4.69, 9.17) is 11.6 Å². The highest BCUT2D eigenvalue weighted by Gasteiger charge is 2.45. The molecule has 0 bridgehead atoms. The number of carbonyl (C=O) groups is 4. The van der Waals surface area contributed by atoms with Gasteiger partial charge in [0, 0.05) is 12.4 Å². The normalized spacial score (nSPS) is 19.0. The Kier molecular flexibility index (Phi) is 6.46. The van der Waals surface area contributed by atoms with Gasteiger partial charge in [-0.1, -0.05) is 5.16 Å². The van der Waals surface area contributed by atoms with Crippen LogP contribution in [0.4, 0.5) is 5.13 Å². The molecule has 0 aliphatic carbocycles. The Morgan fingerprint density at radius 3 is 2.77 bits per heavy atom. The first-order valence-corrected chi connectivity index (χ1v) is 8.58. The molecule has 0 unspecified atom stereocenters. The molecule has 13 heteroatoms. The molecule has 0 saturated carbocycles. The van der Waals surface area contributed by atoms with Crippen molar-refractivity contribution in [2.75, 3.05) is 25.4 Å². The SMILES string of the molecule is CNC(=O)[C@H]1NC(=O)[C@H]1NC(=O)C(=NOC)c1csc(NC(=O)CCl)n1. The number of amides is 4. The first-order chi connectivity index (χ1) is 12.4. The van der Waals surface area contributed by atoms with Crippen LogP contribution in [0.5, 0.6) is 0 Å². The Balaban J connectivity index is 2.13. The number of β-lactam (4-membered cyclic amide) rings is 1. The highest BCUT2D eigenvalue weighted by Crippen LogP contribution is 2.17. The number of carbonyl (C=O) groups excluding carboxylic acids is 4. The molecule has 1 aromatic heterocycles. The topological polar surface area (TPSA) is 151 Å². The van der Waals surface area contributed by atoms with Crippen molar-refractivity contribution in [3.05, 3.63) is 11.1 Å². The maximum absolute atomic E-state index is 12.4. The van der Waals surface area contributed by atoms with Crippen molar-refractivity contribution in [2.45, 2.75) is 12.1 Å². The Labute approximate surface area is 156 Å². The molecule has 11 nitrogen and oxygen atoms in total. The van der Waals surface area contributed by atoms with Crippen LogP contribution < -0.4 is 21.3 Å². The van der Waals surface area contributed by atoms with Gasteiger partial charge in [0.15, 0.2) is 10.8 Å². The highest BCUT2D eigenvalue weighted by molar-refractivity contribution is 7.14. The van der Waals surface area contributed by atoms with Gasteiger partial charge in [0.2, 0.25) is 17.7 Å². The van der Waals surface area contributed by atoms with Crippen molar-refractivity contribution in [3.63, 3.8) is 0 Å². The van der Waals surface area contributed by atoms with Gasteiger partial charge in [0.25, 0.3) is 5.91 Å². The van der Waals surface area contributed by atoms with Gasteiger partial charge in [-0.05, 0) is 0 Å². The fraction of sp³-hybridized carbons (Fsp3) is 0.385. The molecular weight excluding hydrogens is 388 g/mol. The summed E-state index contributed by atoms with van der Waals surface area (Å²) in [6.45, 7) is 0. The zero-order chi connectivity index (χ0) is 19.3. The van der Waals surface area contributed by atoms with E-state index in [-0.39, 0.29) is 22.4 Å². The van der Waals surface area contributed by atoms with E-state index in [1.54, 1.807) is 0 Å². The molecule has 1 aromatic rings. The summed E-state index contributed by atoms with van der Waals surface area (Å²) in [5.41, 5.74) is -0.0964. The molecule has 0 spiro atoms. The monoisotopic (exact) mass is 402 g/mol. The first-order valence-electron chi connectivity index (χ1n) is 7.17. The van der Waals surface area contributed by atoms with Crippen LogP contribution in [-0.4, -0.2) is 66.4 Å². The molecule has 1 fully saturated rings. The van der Waals surface area contributed by atoms with E-state index in [0.717, 1.165) is 11.3 Å². The van der Waals surface area contributed by atoms with E-state index < -0.39 is 35.7 Å². The number of nitrogens with zero attached hydrogens (tertiary/aromatic N) is 2. The van der Waals surface area contributed by atoms with E-state index in [0.29, 0.717) is 0 Å². The van der Waals surface area contributed by atoms with Crippen molar-refractivity contribution in [1.82, 2.24) is 20.9 Å². The van der Waals surface area contributed by atoms with Crippen molar-refractivity contribution >= 4 is 57.4 Å². The third-order valence-electron chi connectivity index (χ3n) is 3.24. The molecule has 140 valence electrons. The van der Waals surface area contributed by atoms with Crippen molar-refractivity contribution in [2.24, 2.45) is 5.16 Å². The number of oxime groups is 1. The second-order valence-electron chi connectivity index (χ2n) is 4.89. The predicted molar refractivity (Wildman–Crippen MR) is 92.9 cm³/mol. The van der Waals surface area contributed by atoms with Crippen LogP contribution in [0.15, 0.2) is 10.5 Å². The molecule has 2 rings (SSSR count). The lowest BCUT2D eigenvalue weighted by Crippen LogP contribution is -2.73. The van der Waals surface area contributed by atoms with Crippen LogP contribution in [0.3, 0.4) is 0 Å². The smallest absolute Gasteiger partial charge is 0.276 e. The Morgan fingerprint density at radius 2 is 2.19 bits per heavy atom. The van der Waals surface area contributed by atoms with Crippen molar-refractivity contribution in [1.29, 1.82) is 0 Å². The van der Waals surface area contributed by atoms with Crippen LogP contribution in [0.2, 0.25) is 0 Å². The average molecular weight is 403 g/mol. The van der Waals surface area contributed by atoms with E-state index in [1.165, 1.54) is 19.5 Å². The number of aromatic nitrogens is 1. The number of rotatable bonds is 7. The highest BCUT2D eigenvalue weighted by atomic mass is 35.5. The minimum Gasteiger partial charge on any atom is -0.398 e. The number of hydrogen-bond acceptors (Lipinski definition) is 8. The summed E-state index contributed by atoms with van der Waals surface area (Å²) < 4.78 is 0. The molecule has 1 aliphatic rings. The third kappa shape index (κ3) is 4.26. The molecule has 2 atom stereocenters. The standard InChI is InChI=1S/C13H15ClN6O5S/c1-15-10(22)8-9(12(24)18-8)19-11(23)7(20-25-2)5-4-26-13(16-5)17-6(21)3-14/h4,8-9H,3H2,1-2H3,(H,15,22)(H,18,24)(H,19,23)(H,16,17,21)/t8-,9-/m0/s1. The number of halogens is 1. The number of anilines is 1. The van der Waals surface area contributed by atoms with Crippen LogP contribution in [0.25, 0.3) is 0 Å². The summed E-state index contributed by atoms with van der Waals surface area (Å²) in [6.07, 6.45) is 0. The molecule has 26 heavy (non-hydrogen) atoms. The average Bonchev–Trinajstić information content (AvgIpc) is 3.08. The molecular formula is C13H15ClN6O5S. The second kappa shape index (κ2) is 8.58. The molecule has 0 radical (unpaired) electrons. The summed E-state index contributed by atoms with van der Waals surface area (Å²) in [5.74, 6) is -2.41. The zero-order valence-corrected chi connectivity index (χ0v) is 15.2. The summed E-state index contributed by atoms with van der Waals surface area (Å²) in [7, 11) is 2.65. The molecule has 0 aromatic carbocycles. The van der Waals surface area contributed by atoms with E-state index in [1.807, 2.05) is 0 Å². The predicted octanol–water partition coefficient (Wildman–Crippen LogP) is -1.60. The number of nitrogens with one attached hydrogen (secondary N) is 4. The Hall–Kier alpha value is -2.73. The first kappa shape index (κ1) is 19.6. The third-order valence-corrected chi connectivity index (χ3v) is 4.24. The minimum atomic E-state index is -1.04. The zero-order valence-electron chi connectivity index (χ0n) is 13.7. The lowest BCUT2D eigenvalue weighted by atomic mass is 9.98. The number of hydrogen-bond donors (Lipinski definition) is 4. The van der Waals surface area contributed by atoms with Crippen LogP contribution in [-0.2, 0) is 24.0 Å². The van der Waals surface area contributed by atoms with E-state index in [2.05, 4.69) is 36.2 Å². The number of alkyl halides is 1. The van der Waals surface area contributed by atoms with Crippen LogP contribution >= 0.6 is 22.9 Å². The molecule has 4 amide bonds. The van der Waals surface area contributed by atoms with E-state index >= 15 is 0 Å². The molecule has 4 N–H and O–H groups in total. The molecule has 1 aliphatic heterocycles.